The van der Waals surface area contributed by atoms with Gasteiger partial charge in [0.2, 0.25) is 10.0 Å². The first-order valence-corrected chi connectivity index (χ1v) is 12.5. The second-order valence-corrected chi connectivity index (χ2v) is 10.1. The van der Waals surface area contributed by atoms with Crippen molar-refractivity contribution in [2.45, 2.75) is 44.1 Å². The minimum Gasteiger partial charge on any atom is -0.492 e. The highest BCUT2D eigenvalue weighted by Crippen LogP contribution is 2.23. The van der Waals surface area contributed by atoms with Gasteiger partial charge in [-0.05, 0) is 74.7 Å². The molecule has 0 spiro atoms. The molecule has 1 heterocycles. The van der Waals surface area contributed by atoms with E-state index < -0.39 is 16.1 Å². The number of ether oxygens (including phenoxy) is 2. The number of carbonyl (C=O) groups is 1. The van der Waals surface area contributed by atoms with Gasteiger partial charge in [0.25, 0.3) is 5.91 Å². The number of rotatable bonds is 9. The molecular weight excluding hydrogens is 452 g/mol. The Labute approximate surface area is 194 Å². The van der Waals surface area contributed by atoms with Crippen LogP contribution in [0.4, 0.5) is 0 Å². The van der Waals surface area contributed by atoms with Gasteiger partial charge in [-0.25, -0.2) is 8.42 Å². The number of amides is 1. The first-order valence-electron chi connectivity index (χ1n) is 10.7. The van der Waals surface area contributed by atoms with Gasteiger partial charge in [0.05, 0.1) is 11.4 Å². The van der Waals surface area contributed by atoms with E-state index in [2.05, 4.69) is 5.32 Å². The van der Waals surface area contributed by atoms with Crippen molar-refractivity contribution in [3.63, 3.8) is 0 Å². The molecule has 1 aliphatic rings. The SMILES string of the molecule is Cc1cc(O[C@@H](C)C(=O)NCCOc2ccc(S(=O)(=O)N3CCCCC3)cc2)ccc1Cl. The van der Waals surface area contributed by atoms with Crippen molar-refractivity contribution in [2.75, 3.05) is 26.2 Å². The van der Waals surface area contributed by atoms with Gasteiger partial charge in [-0.2, -0.15) is 4.31 Å². The Morgan fingerprint density at radius 3 is 2.41 bits per heavy atom. The third kappa shape index (κ3) is 6.37. The molecule has 2 aromatic rings. The summed E-state index contributed by atoms with van der Waals surface area (Å²) in [5.41, 5.74) is 0.875. The standard InChI is InChI=1S/C23H29ClN2O5S/c1-17-16-20(8-11-22(17)24)31-18(2)23(27)25-12-15-30-19-6-9-21(10-7-19)32(28,29)26-13-4-3-5-14-26/h6-11,16,18H,3-5,12-15H2,1-2H3,(H,25,27)/t18-/m0/s1. The van der Waals surface area contributed by atoms with Crippen molar-refractivity contribution < 1.29 is 22.7 Å². The Kier molecular flexibility index (Phi) is 8.39. The molecule has 0 bridgehead atoms. The molecule has 1 atom stereocenters. The van der Waals surface area contributed by atoms with Gasteiger partial charge >= 0.3 is 0 Å². The maximum absolute atomic E-state index is 12.7. The lowest BCUT2D eigenvalue weighted by Gasteiger charge is -2.25. The molecule has 7 nitrogen and oxygen atoms in total. The zero-order valence-electron chi connectivity index (χ0n) is 18.3. The minimum absolute atomic E-state index is 0.247. The van der Waals surface area contributed by atoms with Crippen LogP contribution in [0, 0.1) is 6.92 Å². The zero-order chi connectivity index (χ0) is 23.1. The molecule has 0 saturated carbocycles. The Balaban J connectivity index is 1.43. The summed E-state index contributed by atoms with van der Waals surface area (Å²) in [6.07, 6.45) is 2.19. The largest absolute Gasteiger partial charge is 0.492 e. The number of nitrogens with one attached hydrogen (secondary N) is 1. The molecular formula is C23H29ClN2O5S. The van der Waals surface area contributed by atoms with E-state index in [1.165, 1.54) is 4.31 Å². The van der Waals surface area contributed by atoms with E-state index in [9.17, 15) is 13.2 Å². The second kappa shape index (κ2) is 11.0. The first kappa shape index (κ1) is 24.4. The third-order valence-electron chi connectivity index (χ3n) is 5.26. The predicted molar refractivity (Wildman–Crippen MR) is 124 cm³/mol. The van der Waals surface area contributed by atoms with E-state index in [0.717, 1.165) is 24.8 Å². The molecule has 1 saturated heterocycles. The van der Waals surface area contributed by atoms with Crippen LogP contribution in [0.15, 0.2) is 47.4 Å². The first-order chi connectivity index (χ1) is 15.3. The topological polar surface area (TPSA) is 84.9 Å². The number of aryl methyl sites for hydroxylation is 1. The van der Waals surface area contributed by atoms with Gasteiger partial charge in [-0.15, -0.1) is 0 Å². The molecule has 1 fully saturated rings. The fourth-order valence-corrected chi connectivity index (χ4v) is 5.03. The summed E-state index contributed by atoms with van der Waals surface area (Å²) in [5, 5.41) is 3.40. The van der Waals surface area contributed by atoms with Crippen LogP contribution in [-0.4, -0.2) is 51.0 Å². The molecule has 2 aromatic carbocycles. The summed E-state index contributed by atoms with van der Waals surface area (Å²) < 4.78 is 38.2. The van der Waals surface area contributed by atoms with Crippen LogP contribution in [-0.2, 0) is 14.8 Å². The maximum atomic E-state index is 12.7. The van der Waals surface area contributed by atoms with Crippen molar-refractivity contribution in [3.8, 4) is 11.5 Å². The van der Waals surface area contributed by atoms with E-state index in [1.54, 1.807) is 49.4 Å². The van der Waals surface area contributed by atoms with Gasteiger partial charge in [0, 0.05) is 18.1 Å². The quantitative estimate of drug-likeness (QED) is 0.552. The van der Waals surface area contributed by atoms with Crippen molar-refractivity contribution in [1.29, 1.82) is 0 Å². The van der Waals surface area contributed by atoms with Crippen LogP contribution in [0.3, 0.4) is 0 Å². The van der Waals surface area contributed by atoms with Crippen LogP contribution in [0.1, 0.15) is 31.7 Å². The maximum Gasteiger partial charge on any atom is 0.260 e. The molecule has 9 heteroatoms. The van der Waals surface area contributed by atoms with Crippen LogP contribution in [0.5, 0.6) is 11.5 Å². The van der Waals surface area contributed by atoms with Gasteiger partial charge < -0.3 is 14.8 Å². The fraction of sp³-hybridized carbons (Fsp3) is 0.435. The zero-order valence-corrected chi connectivity index (χ0v) is 19.9. The van der Waals surface area contributed by atoms with Crippen molar-refractivity contribution in [2.24, 2.45) is 0 Å². The summed E-state index contributed by atoms with van der Waals surface area (Å²) >= 11 is 6.00. The van der Waals surface area contributed by atoms with Crippen LogP contribution in [0.2, 0.25) is 5.02 Å². The minimum atomic E-state index is -3.46. The monoisotopic (exact) mass is 480 g/mol. The molecule has 174 valence electrons. The highest BCUT2D eigenvalue weighted by molar-refractivity contribution is 7.89. The predicted octanol–water partition coefficient (Wildman–Crippen LogP) is 3.79. The van der Waals surface area contributed by atoms with E-state index in [1.807, 2.05) is 6.92 Å². The summed E-state index contributed by atoms with van der Waals surface area (Å²) in [6.45, 7) is 5.21. The lowest BCUT2D eigenvalue weighted by molar-refractivity contribution is -0.127. The Bertz CT molecular complexity index is 1020. The number of nitrogens with zero attached hydrogens (tertiary/aromatic N) is 1. The number of benzene rings is 2. The molecule has 1 amide bonds. The Hall–Kier alpha value is -2.29. The molecule has 32 heavy (non-hydrogen) atoms. The van der Waals surface area contributed by atoms with Gasteiger partial charge in [-0.1, -0.05) is 18.0 Å². The van der Waals surface area contributed by atoms with Crippen LogP contribution in [0.25, 0.3) is 0 Å². The summed E-state index contributed by atoms with van der Waals surface area (Å²) in [6, 6.07) is 11.6. The van der Waals surface area contributed by atoms with E-state index in [0.29, 0.717) is 36.2 Å². The molecule has 0 aliphatic carbocycles. The Morgan fingerprint density at radius 2 is 1.75 bits per heavy atom. The van der Waals surface area contributed by atoms with Gasteiger partial charge in [-0.3, -0.25) is 4.79 Å². The normalized spacial score (nSPS) is 15.7. The fourth-order valence-electron chi connectivity index (χ4n) is 3.40. The second-order valence-electron chi connectivity index (χ2n) is 7.75. The number of halogens is 1. The van der Waals surface area contributed by atoms with E-state index in [-0.39, 0.29) is 17.4 Å². The van der Waals surface area contributed by atoms with Crippen LogP contribution >= 0.6 is 11.6 Å². The lowest BCUT2D eigenvalue weighted by Crippen LogP contribution is -2.38. The van der Waals surface area contributed by atoms with E-state index >= 15 is 0 Å². The number of carbonyl (C=O) groups excluding carboxylic acids is 1. The molecule has 0 unspecified atom stereocenters. The van der Waals surface area contributed by atoms with Crippen molar-refractivity contribution in [3.05, 3.63) is 53.1 Å². The van der Waals surface area contributed by atoms with Crippen molar-refractivity contribution in [1.82, 2.24) is 9.62 Å². The van der Waals surface area contributed by atoms with Crippen molar-refractivity contribution >= 4 is 27.5 Å². The number of sulfonamides is 1. The average Bonchev–Trinajstić information content (AvgIpc) is 2.80. The number of hydrogen-bond donors (Lipinski definition) is 1. The molecule has 0 radical (unpaired) electrons. The molecule has 1 N–H and O–H groups in total. The van der Waals surface area contributed by atoms with E-state index in [4.69, 9.17) is 21.1 Å². The molecule has 3 rings (SSSR count). The number of hydrogen-bond acceptors (Lipinski definition) is 5. The smallest absolute Gasteiger partial charge is 0.260 e. The van der Waals surface area contributed by atoms with Crippen LogP contribution < -0.4 is 14.8 Å². The number of piperidine rings is 1. The third-order valence-corrected chi connectivity index (χ3v) is 7.60. The highest BCUT2D eigenvalue weighted by atomic mass is 35.5. The lowest BCUT2D eigenvalue weighted by atomic mass is 10.2. The molecule has 0 aromatic heterocycles. The summed E-state index contributed by atoms with van der Waals surface area (Å²) in [4.78, 5) is 12.5. The Morgan fingerprint density at radius 1 is 1.09 bits per heavy atom. The van der Waals surface area contributed by atoms with Gasteiger partial charge in [0.15, 0.2) is 6.10 Å². The highest BCUT2D eigenvalue weighted by Gasteiger charge is 2.25. The molecule has 1 aliphatic heterocycles. The van der Waals surface area contributed by atoms with Gasteiger partial charge in [0.1, 0.15) is 18.1 Å². The average molecular weight is 481 g/mol. The summed E-state index contributed by atoms with van der Waals surface area (Å²) in [5.74, 6) is 0.854. The summed E-state index contributed by atoms with van der Waals surface area (Å²) in [7, 11) is -3.46.